The molecule has 0 bridgehead atoms. The van der Waals surface area contributed by atoms with Crippen molar-refractivity contribution >= 4 is 31.9 Å². The first-order valence-electron chi connectivity index (χ1n) is 7.82. The van der Waals surface area contributed by atoms with Crippen LogP contribution >= 0.6 is 31.9 Å². The zero-order valence-electron chi connectivity index (χ0n) is 13.4. The van der Waals surface area contributed by atoms with Crippen LogP contribution in [0.1, 0.15) is 37.8 Å². The van der Waals surface area contributed by atoms with Gasteiger partial charge in [0, 0.05) is 8.65 Å². The molecule has 2 aromatic carbocycles. The molecule has 22 heavy (non-hydrogen) atoms. The molecule has 2 atom stereocenters. The fourth-order valence-corrected chi connectivity index (χ4v) is 3.78. The molecule has 118 valence electrons. The summed E-state index contributed by atoms with van der Waals surface area (Å²) in [7, 11) is 0. The molecule has 2 heteroatoms. The molecule has 0 aliphatic carbocycles. The minimum Gasteiger partial charge on any atom is -0.0853 e. The molecule has 0 aromatic heterocycles. The minimum absolute atomic E-state index is 0.139. The molecular formula is C20H24Br2. The highest BCUT2D eigenvalue weighted by Gasteiger charge is 2.27. The quantitative estimate of drug-likeness (QED) is 0.442. The topological polar surface area (TPSA) is 0 Å². The summed E-state index contributed by atoms with van der Waals surface area (Å²) in [5.41, 5.74) is 2.78. The van der Waals surface area contributed by atoms with Crippen LogP contribution in [-0.2, 0) is 12.8 Å². The maximum atomic E-state index is 3.94. The monoisotopic (exact) mass is 422 g/mol. The largest absolute Gasteiger partial charge is 0.0853 e. The van der Waals surface area contributed by atoms with Crippen molar-refractivity contribution in [2.75, 3.05) is 0 Å². The summed E-state index contributed by atoms with van der Waals surface area (Å²) in [6.45, 7) is 4.59. The van der Waals surface area contributed by atoms with Gasteiger partial charge in [-0.3, -0.25) is 0 Å². The van der Waals surface area contributed by atoms with Gasteiger partial charge in [0.25, 0.3) is 0 Å². The van der Waals surface area contributed by atoms with Crippen LogP contribution in [0.25, 0.3) is 0 Å². The average molecular weight is 424 g/mol. The molecule has 0 aliphatic heterocycles. The summed E-state index contributed by atoms with van der Waals surface area (Å²) in [4.78, 5) is 0. The molecule has 0 aliphatic rings. The van der Waals surface area contributed by atoms with Crippen LogP contribution in [0.4, 0.5) is 0 Å². The first-order valence-corrected chi connectivity index (χ1v) is 9.41. The zero-order valence-corrected chi connectivity index (χ0v) is 16.5. The fraction of sp³-hybridized carbons (Fsp3) is 0.400. The second-order valence-corrected chi connectivity index (χ2v) is 10.5. The molecule has 0 nitrogen and oxygen atoms in total. The van der Waals surface area contributed by atoms with E-state index in [2.05, 4.69) is 106 Å². The Hall–Kier alpha value is -0.600. The number of alkyl halides is 2. The van der Waals surface area contributed by atoms with Crippen molar-refractivity contribution < 1.29 is 0 Å². The van der Waals surface area contributed by atoms with Gasteiger partial charge in [-0.1, -0.05) is 92.5 Å². The van der Waals surface area contributed by atoms with E-state index in [9.17, 15) is 0 Å². The number of rotatable bonds is 7. The SMILES string of the molecule is CC(Br)(CCC(C)(Br)Cc1ccccc1)Cc1ccccc1. The van der Waals surface area contributed by atoms with Crippen LogP contribution in [0.15, 0.2) is 60.7 Å². The summed E-state index contributed by atoms with van der Waals surface area (Å²) < 4.78 is 0.278. The molecule has 2 rings (SSSR count). The number of hydrogen-bond acceptors (Lipinski definition) is 0. The van der Waals surface area contributed by atoms with Gasteiger partial charge in [0.15, 0.2) is 0 Å². The van der Waals surface area contributed by atoms with E-state index in [4.69, 9.17) is 0 Å². The van der Waals surface area contributed by atoms with E-state index in [1.54, 1.807) is 0 Å². The lowest BCUT2D eigenvalue weighted by molar-refractivity contribution is 0.496. The highest BCUT2D eigenvalue weighted by Crippen LogP contribution is 2.35. The lowest BCUT2D eigenvalue weighted by Crippen LogP contribution is -2.26. The smallest absolute Gasteiger partial charge is 0.0270 e. The standard InChI is InChI=1S/C20H24Br2/c1-19(21,15-17-9-5-3-6-10-17)13-14-20(2,22)16-18-11-7-4-8-12-18/h3-12H,13-16H2,1-2H3. The van der Waals surface area contributed by atoms with Gasteiger partial charge in [0.05, 0.1) is 0 Å². The highest BCUT2D eigenvalue weighted by atomic mass is 79.9. The maximum Gasteiger partial charge on any atom is 0.0270 e. The molecule has 0 saturated heterocycles. The van der Waals surface area contributed by atoms with Crippen LogP contribution in [0, 0.1) is 0 Å². The Kier molecular flexibility index (Phi) is 6.28. The Bertz CT molecular complexity index is 505. The van der Waals surface area contributed by atoms with Gasteiger partial charge >= 0.3 is 0 Å². The predicted molar refractivity (Wildman–Crippen MR) is 104 cm³/mol. The van der Waals surface area contributed by atoms with E-state index < -0.39 is 0 Å². The fourth-order valence-electron chi connectivity index (χ4n) is 2.74. The van der Waals surface area contributed by atoms with E-state index in [1.165, 1.54) is 11.1 Å². The van der Waals surface area contributed by atoms with Gasteiger partial charge in [-0.25, -0.2) is 0 Å². The van der Waals surface area contributed by atoms with Crippen LogP contribution in [-0.4, -0.2) is 8.65 Å². The molecular weight excluding hydrogens is 400 g/mol. The first-order chi connectivity index (χ1) is 10.4. The van der Waals surface area contributed by atoms with E-state index in [-0.39, 0.29) is 8.65 Å². The van der Waals surface area contributed by atoms with Crippen LogP contribution in [0.3, 0.4) is 0 Å². The molecule has 0 saturated carbocycles. The van der Waals surface area contributed by atoms with Crippen molar-refractivity contribution in [2.45, 2.75) is 48.2 Å². The molecule has 0 amide bonds. The van der Waals surface area contributed by atoms with Gasteiger partial charge in [0.2, 0.25) is 0 Å². The Morgan fingerprint density at radius 3 is 1.27 bits per heavy atom. The number of benzene rings is 2. The molecule has 0 N–H and O–H groups in total. The lowest BCUT2D eigenvalue weighted by atomic mass is 9.89. The summed E-state index contributed by atoms with van der Waals surface area (Å²) in [5, 5.41) is 0. The van der Waals surface area contributed by atoms with Crippen molar-refractivity contribution in [2.24, 2.45) is 0 Å². The van der Waals surface area contributed by atoms with Crippen molar-refractivity contribution in [3.63, 3.8) is 0 Å². The van der Waals surface area contributed by atoms with E-state index >= 15 is 0 Å². The summed E-state index contributed by atoms with van der Waals surface area (Å²) in [6, 6.07) is 21.4. The van der Waals surface area contributed by atoms with Crippen molar-refractivity contribution in [1.29, 1.82) is 0 Å². The summed E-state index contributed by atoms with van der Waals surface area (Å²) >= 11 is 7.87. The van der Waals surface area contributed by atoms with Gasteiger partial charge < -0.3 is 0 Å². The third-order valence-electron chi connectivity index (χ3n) is 4.00. The summed E-state index contributed by atoms with van der Waals surface area (Å²) in [6.07, 6.45) is 4.39. The molecule has 0 heterocycles. The van der Waals surface area contributed by atoms with Crippen LogP contribution in [0.5, 0.6) is 0 Å². The Labute approximate surface area is 151 Å². The molecule has 0 spiro atoms. The van der Waals surface area contributed by atoms with Crippen LogP contribution in [0.2, 0.25) is 0 Å². The second kappa shape index (κ2) is 7.79. The maximum absolute atomic E-state index is 3.94. The zero-order chi connectivity index (χ0) is 16.1. The predicted octanol–water partition coefficient (Wildman–Crippen LogP) is 6.56. The average Bonchev–Trinajstić information content (AvgIpc) is 2.47. The summed E-state index contributed by atoms with van der Waals surface area (Å²) in [5.74, 6) is 0. The molecule has 0 radical (unpaired) electrons. The first kappa shape index (κ1) is 17.7. The second-order valence-electron chi connectivity index (χ2n) is 6.65. The molecule has 2 unspecified atom stereocenters. The van der Waals surface area contributed by atoms with Gasteiger partial charge in [0.1, 0.15) is 0 Å². The number of hydrogen-bond donors (Lipinski definition) is 0. The van der Waals surface area contributed by atoms with Gasteiger partial charge in [-0.05, 0) is 50.7 Å². The van der Waals surface area contributed by atoms with Crippen molar-refractivity contribution in [3.05, 3.63) is 71.8 Å². The lowest BCUT2D eigenvalue weighted by Gasteiger charge is -2.29. The van der Waals surface area contributed by atoms with E-state index in [0.29, 0.717) is 0 Å². The van der Waals surface area contributed by atoms with Crippen molar-refractivity contribution in [3.8, 4) is 0 Å². The van der Waals surface area contributed by atoms with Crippen LogP contribution < -0.4 is 0 Å². The Balaban J connectivity index is 1.89. The normalized spacial score (nSPS) is 16.7. The number of halogens is 2. The Morgan fingerprint density at radius 2 is 0.955 bits per heavy atom. The molecule has 2 aromatic rings. The van der Waals surface area contributed by atoms with Crippen molar-refractivity contribution in [1.82, 2.24) is 0 Å². The van der Waals surface area contributed by atoms with Gasteiger partial charge in [-0.15, -0.1) is 0 Å². The third kappa shape index (κ3) is 6.26. The minimum atomic E-state index is 0.139. The van der Waals surface area contributed by atoms with E-state index in [0.717, 1.165) is 25.7 Å². The highest BCUT2D eigenvalue weighted by molar-refractivity contribution is 9.10. The van der Waals surface area contributed by atoms with Gasteiger partial charge in [-0.2, -0.15) is 0 Å². The van der Waals surface area contributed by atoms with E-state index in [1.807, 2.05) is 0 Å². The molecule has 0 fully saturated rings. The Morgan fingerprint density at radius 1 is 0.636 bits per heavy atom. The third-order valence-corrected chi connectivity index (χ3v) is 5.35.